The summed E-state index contributed by atoms with van der Waals surface area (Å²) in [6.45, 7) is 0. The van der Waals surface area contributed by atoms with Gasteiger partial charge < -0.3 is 10.5 Å². The van der Waals surface area contributed by atoms with Crippen molar-refractivity contribution >= 4 is 51.5 Å². The summed E-state index contributed by atoms with van der Waals surface area (Å²) in [5.74, 6) is 0.843. The van der Waals surface area contributed by atoms with Crippen LogP contribution >= 0.6 is 34.7 Å². The first-order chi connectivity index (χ1) is 14.5. The van der Waals surface area contributed by atoms with Crippen LogP contribution in [0.25, 0.3) is 0 Å². The van der Waals surface area contributed by atoms with Crippen LogP contribution in [0.1, 0.15) is 23.6 Å². The van der Waals surface area contributed by atoms with E-state index in [2.05, 4.69) is 15.3 Å². The minimum absolute atomic E-state index is 0.112. The van der Waals surface area contributed by atoms with Crippen molar-refractivity contribution in [3.05, 3.63) is 64.7 Å². The third-order valence-electron chi connectivity index (χ3n) is 4.59. The second-order valence-electron chi connectivity index (χ2n) is 6.48. The van der Waals surface area contributed by atoms with Crippen LogP contribution in [0.2, 0.25) is 5.02 Å². The Morgan fingerprint density at radius 3 is 2.60 bits per heavy atom. The fourth-order valence-corrected chi connectivity index (χ4v) is 4.73. The largest absolute Gasteiger partial charge is 0.497 e. The molecule has 1 unspecified atom stereocenters. The molecular weight excluding hydrogens is 442 g/mol. The molecule has 30 heavy (non-hydrogen) atoms. The first-order valence-electron chi connectivity index (χ1n) is 9.04. The number of carbonyl (C=O) groups excluding carboxylic acids is 1. The van der Waals surface area contributed by atoms with E-state index in [-0.39, 0.29) is 17.7 Å². The molecule has 0 aliphatic carbocycles. The number of hydrogen-bond donors (Lipinski definition) is 1. The number of methoxy groups -OCH3 is 1. The van der Waals surface area contributed by atoms with E-state index in [9.17, 15) is 4.79 Å². The molecule has 3 aromatic rings. The predicted molar refractivity (Wildman–Crippen MR) is 120 cm³/mol. The van der Waals surface area contributed by atoms with Crippen molar-refractivity contribution in [2.24, 2.45) is 5.10 Å². The van der Waals surface area contributed by atoms with Crippen molar-refractivity contribution < 1.29 is 9.53 Å². The van der Waals surface area contributed by atoms with E-state index in [1.54, 1.807) is 12.1 Å². The second-order valence-corrected chi connectivity index (χ2v) is 9.15. The zero-order valence-corrected chi connectivity index (χ0v) is 18.4. The van der Waals surface area contributed by atoms with Crippen LogP contribution in [-0.2, 0) is 4.79 Å². The first kappa shape index (κ1) is 20.6. The number of aromatic nitrogens is 2. The molecule has 7 nitrogen and oxygen atoms in total. The number of ether oxygens (including phenoxy) is 1. The maximum Gasteiger partial charge on any atom is 0.253 e. The van der Waals surface area contributed by atoms with E-state index in [1.165, 1.54) is 23.1 Å². The number of rotatable bonds is 6. The maximum absolute atomic E-state index is 13.0. The van der Waals surface area contributed by atoms with Crippen molar-refractivity contribution in [2.45, 2.75) is 16.8 Å². The molecule has 0 fully saturated rings. The highest BCUT2D eigenvalue weighted by Gasteiger charge is 2.33. The maximum atomic E-state index is 13.0. The predicted octanol–water partition coefficient (Wildman–Crippen LogP) is 4.25. The van der Waals surface area contributed by atoms with Crippen LogP contribution < -0.4 is 10.5 Å². The number of amides is 1. The SMILES string of the molecule is COc1ccc(C2CC(c3ccc(Cl)cc3)=NN2C(=O)CSc2nnc(N)s2)cc1. The normalized spacial score (nSPS) is 15.9. The smallest absolute Gasteiger partial charge is 0.253 e. The summed E-state index contributed by atoms with van der Waals surface area (Å²) < 4.78 is 5.91. The first-order valence-corrected chi connectivity index (χ1v) is 11.2. The van der Waals surface area contributed by atoms with Gasteiger partial charge in [0, 0.05) is 11.4 Å². The van der Waals surface area contributed by atoms with E-state index >= 15 is 0 Å². The number of nitrogens with two attached hydrogens (primary N) is 1. The number of halogens is 1. The molecule has 0 radical (unpaired) electrons. The summed E-state index contributed by atoms with van der Waals surface area (Å²) in [7, 11) is 1.62. The van der Waals surface area contributed by atoms with E-state index in [4.69, 9.17) is 22.1 Å². The van der Waals surface area contributed by atoms with Gasteiger partial charge in [-0.05, 0) is 35.4 Å². The lowest BCUT2D eigenvalue weighted by Crippen LogP contribution is -2.28. The average Bonchev–Trinajstić information content (AvgIpc) is 3.39. The fraction of sp³-hybridized carbons (Fsp3) is 0.200. The lowest BCUT2D eigenvalue weighted by Gasteiger charge is -2.22. The summed E-state index contributed by atoms with van der Waals surface area (Å²) in [4.78, 5) is 13.0. The van der Waals surface area contributed by atoms with Crippen LogP contribution in [0.3, 0.4) is 0 Å². The highest BCUT2D eigenvalue weighted by molar-refractivity contribution is 8.01. The number of hydrazone groups is 1. The zero-order chi connectivity index (χ0) is 21.1. The number of thioether (sulfide) groups is 1. The molecule has 1 atom stereocenters. The molecule has 0 bridgehead atoms. The Bertz CT molecular complexity index is 1070. The van der Waals surface area contributed by atoms with E-state index < -0.39 is 0 Å². The minimum atomic E-state index is -0.200. The van der Waals surface area contributed by atoms with Gasteiger partial charge in [0.15, 0.2) is 4.34 Å². The second kappa shape index (κ2) is 9.03. The lowest BCUT2D eigenvalue weighted by molar-refractivity contribution is -0.130. The van der Waals surface area contributed by atoms with Crippen molar-refractivity contribution in [3.63, 3.8) is 0 Å². The Labute approximate surface area is 186 Å². The van der Waals surface area contributed by atoms with Gasteiger partial charge in [0.1, 0.15) is 5.75 Å². The molecule has 10 heteroatoms. The van der Waals surface area contributed by atoms with Crippen molar-refractivity contribution in [2.75, 3.05) is 18.6 Å². The average molecular weight is 460 g/mol. The van der Waals surface area contributed by atoms with E-state index in [0.29, 0.717) is 20.9 Å². The van der Waals surface area contributed by atoms with Crippen molar-refractivity contribution in [3.8, 4) is 5.75 Å². The number of hydrogen-bond acceptors (Lipinski definition) is 8. The Kier molecular flexibility index (Phi) is 6.21. The van der Waals surface area contributed by atoms with Gasteiger partial charge in [-0.2, -0.15) is 5.10 Å². The molecule has 2 aromatic carbocycles. The molecule has 0 saturated carbocycles. The number of nitrogen functional groups attached to an aromatic ring is 1. The molecule has 1 amide bonds. The van der Waals surface area contributed by atoms with Gasteiger partial charge in [0.05, 0.1) is 24.6 Å². The van der Waals surface area contributed by atoms with Crippen LogP contribution in [0.4, 0.5) is 5.13 Å². The third-order valence-corrected chi connectivity index (χ3v) is 6.71. The van der Waals surface area contributed by atoms with Gasteiger partial charge in [-0.3, -0.25) is 4.79 Å². The number of benzene rings is 2. The van der Waals surface area contributed by atoms with Gasteiger partial charge in [0.2, 0.25) is 5.13 Å². The van der Waals surface area contributed by atoms with Gasteiger partial charge in [-0.1, -0.05) is 59.0 Å². The van der Waals surface area contributed by atoms with Crippen LogP contribution in [-0.4, -0.2) is 39.7 Å². The number of nitrogens with zero attached hydrogens (tertiary/aromatic N) is 4. The van der Waals surface area contributed by atoms with Crippen LogP contribution in [0, 0.1) is 0 Å². The highest BCUT2D eigenvalue weighted by Crippen LogP contribution is 2.35. The van der Waals surface area contributed by atoms with Gasteiger partial charge in [0.25, 0.3) is 5.91 Å². The molecule has 4 rings (SSSR count). The summed E-state index contributed by atoms with van der Waals surface area (Å²) >= 11 is 8.58. The van der Waals surface area contributed by atoms with Crippen LogP contribution in [0.5, 0.6) is 5.75 Å². The summed E-state index contributed by atoms with van der Waals surface area (Å²) in [6.07, 6.45) is 0.607. The summed E-state index contributed by atoms with van der Waals surface area (Å²) in [6, 6.07) is 15.0. The molecule has 0 spiro atoms. The highest BCUT2D eigenvalue weighted by atomic mass is 35.5. The van der Waals surface area contributed by atoms with Crippen molar-refractivity contribution in [1.82, 2.24) is 15.2 Å². The molecule has 1 aromatic heterocycles. The number of carbonyl (C=O) groups is 1. The molecular formula is C20H18ClN5O2S2. The lowest BCUT2D eigenvalue weighted by atomic mass is 9.98. The Morgan fingerprint density at radius 2 is 1.97 bits per heavy atom. The fourth-order valence-electron chi connectivity index (χ4n) is 3.11. The van der Waals surface area contributed by atoms with E-state index in [0.717, 1.165) is 22.6 Å². The summed E-state index contributed by atoms with van der Waals surface area (Å²) in [5.41, 5.74) is 8.39. The quantitative estimate of drug-likeness (QED) is 0.554. The Morgan fingerprint density at radius 1 is 1.23 bits per heavy atom. The van der Waals surface area contributed by atoms with Crippen LogP contribution in [0.15, 0.2) is 58.0 Å². The molecule has 0 saturated heterocycles. The molecule has 1 aliphatic rings. The molecule has 2 N–H and O–H groups in total. The van der Waals surface area contributed by atoms with E-state index in [1.807, 2.05) is 48.5 Å². The van der Waals surface area contributed by atoms with Gasteiger partial charge >= 0.3 is 0 Å². The third kappa shape index (κ3) is 4.58. The van der Waals surface area contributed by atoms with Gasteiger partial charge in [-0.15, -0.1) is 10.2 Å². The minimum Gasteiger partial charge on any atom is -0.497 e. The Hall–Kier alpha value is -2.62. The summed E-state index contributed by atoms with van der Waals surface area (Å²) in [5, 5.41) is 15.0. The monoisotopic (exact) mass is 459 g/mol. The molecule has 154 valence electrons. The number of anilines is 1. The zero-order valence-electron chi connectivity index (χ0n) is 16.0. The standard InChI is InChI=1S/C20H18ClN5O2S2/c1-28-15-8-4-13(5-9-15)17-10-16(12-2-6-14(21)7-3-12)25-26(17)18(27)11-29-20-24-23-19(22)30-20/h2-9,17H,10-11H2,1H3,(H2,22,23). The molecule has 2 heterocycles. The van der Waals surface area contributed by atoms with Gasteiger partial charge in [-0.25, -0.2) is 5.01 Å². The topological polar surface area (TPSA) is 93.7 Å². The Balaban J connectivity index is 1.58. The van der Waals surface area contributed by atoms with Crippen molar-refractivity contribution in [1.29, 1.82) is 0 Å². The molecule has 1 aliphatic heterocycles.